The summed E-state index contributed by atoms with van der Waals surface area (Å²) in [5, 5.41) is 10.5. The molecular weight excluding hydrogens is 342 g/mol. The van der Waals surface area contributed by atoms with Gasteiger partial charge in [0.15, 0.2) is 0 Å². The van der Waals surface area contributed by atoms with Crippen LogP contribution in [0.1, 0.15) is 18.5 Å². The summed E-state index contributed by atoms with van der Waals surface area (Å²) >= 11 is 0. The normalized spacial score (nSPS) is 15.7. The second-order valence-electron chi connectivity index (χ2n) is 6.19. The summed E-state index contributed by atoms with van der Waals surface area (Å²) in [6.07, 6.45) is 1.47. The van der Waals surface area contributed by atoms with E-state index in [4.69, 9.17) is 4.74 Å². The zero-order valence-electron chi connectivity index (χ0n) is 15.0. The number of para-hydroxylation sites is 1. The van der Waals surface area contributed by atoms with Gasteiger partial charge in [0.25, 0.3) is 5.91 Å². The first-order valence-electron chi connectivity index (χ1n) is 8.55. The Morgan fingerprint density at radius 3 is 2.78 bits per heavy atom. The first kappa shape index (κ1) is 16.8. The van der Waals surface area contributed by atoms with E-state index in [1.807, 2.05) is 61.5 Å². The van der Waals surface area contributed by atoms with Crippen molar-refractivity contribution in [3.8, 4) is 5.75 Å². The van der Waals surface area contributed by atoms with Crippen LogP contribution in [0.15, 0.2) is 72.2 Å². The highest BCUT2D eigenvalue weighted by Gasteiger charge is 2.33. The maximum absolute atomic E-state index is 13.1. The lowest BCUT2D eigenvalue weighted by molar-refractivity contribution is -0.113. The molecule has 2 N–H and O–H groups in total. The number of allylic oxidation sites excluding steroid dienone is 1. The van der Waals surface area contributed by atoms with Crippen molar-refractivity contribution in [2.75, 3.05) is 17.7 Å². The topological polar surface area (TPSA) is 81.1 Å². The number of hydrogen-bond donors (Lipinski definition) is 2. The van der Waals surface area contributed by atoms with Gasteiger partial charge >= 0.3 is 0 Å². The Labute approximate surface area is 156 Å². The summed E-state index contributed by atoms with van der Waals surface area (Å²) in [7, 11) is 1.62. The second-order valence-corrected chi connectivity index (χ2v) is 6.19. The van der Waals surface area contributed by atoms with Gasteiger partial charge in [0.2, 0.25) is 5.95 Å². The van der Waals surface area contributed by atoms with Gasteiger partial charge < -0.3 is 15.4 Å². The van der Waals surface area contributed by atoms with Crippen molar-refractivity contribution < 1.29 is 9.53 Å². The van der Waals surface area contributed by atoms with Crippen LogP contribution < -0.4 is 15.4 Å². The third kappa shape index (κ3) is 3.15. The van der Waals surface area contributed by atoms with Crippen molar-refractivity contribution in [1.29, 1.82) is 0 Å². The Morgan fingerprint density at radius 2 is 2.00 bits per heavy atom. The van der Waals surface area contributed by atoms with Gasteiger partial charge in [-0.1, -0.05) is 30.3 Å². The zero-order valence-corrected chi connectivity index (χ0v) is 15.0. The van der Waals surface area contributed by atoms with Crippen LogP contribution in [0.2, 0.25) is 0 Å². The van der Waals surface area contributed by atoms with Crippen molar-refractivity contribution in [2.24, 2.45) is 0 Å². The first-order chi connectivity index (χ1) is 13.2. The summed E-state index contributed by atoms with van der Waals surface area (Å²) in [5.74, 6) is 1.12. The molecule has 0 saturated carbocycles. The second kappa shape index (κ2) is 6.95. The number of fused-ring (bicyclic) bond motifs is 1. The predicted molar refractivity (Wildman–Crippen MR) is 103 cm³/mol. The number of nitrogens with one attached hydrogen (secondary N) is 2. The first-order valence-corrected chi connectivity index (χ1v) is 8.55. The van der Waals surface area contributed by atoms with Gasteiger partial charge in [-0.2, -0.15) is 10.1 Å². The van der Waals surface area contributed by atoms with Crippen molar-refractivity contribution in [3.63, 3.8) is 0 Å². The smallest absolute Gasteiger partial charge is 0.255 e. The molecule has 4 rings (SSSR count). The third-order valence-electron chi connectivity index (χ3n) is 4.48. The highest BCUT2D eigenvalue weighted by Crippen LogP contribution is 2.36. The molecule has 27 heavy (non-hydrogen) atoms. The molecule has 0 aliphatic carbocycles. The van der Waals surface area contributed by atoms with Gasteiger partial charge in [-0.05, 0) is 36.8 Å². The van der Waals surface area contributed by atoms with Crippen molar-refractivity contribution in [2.45, 2.75) is 13.0 Å². The molecule has 2 aromatic carbocycles. The van der Waals surface area contributed by atoms with Crippen molar-refractivity contribution in [1.82, 2.24) is 14.8 Å². The van der Waals surface area contributed by atoms with Crippen LogP contribution in [-0.4, -0.2) is 27.8 Å². The SMILES string of the molecule is COc1cccc(C2C(C(=O)Nc3ccccc3)=C(C)Nc3ncnn32)c1. The molecule has 1 amide bonds. The molecule has 0 bridgehead atoms. The van der Waals surface area contributed by atoms with Crippen LogP contribution in [0.25, 0.3) is 0 Å². The van der Waals surface area contributed by atoms with E-state index in [0.717, 1.165) is 16.9 Å². The van der Waals surface area contributed by atoms with Crippen LogP contribution in [-0.2, 0) is 4.79 Å². The van der Waals surface area contributed by atoms with Gasteiger partial charge in [-0.3, -0.25) is 4.79 Å². The maximum Gasteiger partial charge on any atom is 0.255 e. The van der Waals surface area contributed by atoms with E-state index in [0.29, 0.717) is 17.3 Å². The summed E-state index contributed by atoms with van der Waals surface area (Å²) in [6.45, 7) is 1.87. The highest BCUT2D eigenvalue weighted by atomic mass is 16.5. The molecule has 0 spiro atoms. The van der Waals surface area contributed by atoms with E-state index in [1.165, 1.54) is 6.33 Å². The van der Waals surface area contributed by atoms with E-state index in [1.54, 1.807) is 11.8 Å². The van der Waals surface area contributed by atoms with Crippen LogP contribution >= 0.6 is 0 Å². The number of ether oxygens (including phenoxy) is 1. The Kier molecular flexibility index (Phi) is 4.33. The number of anilines is 2. The predicted octanol–water partition coefficient (Wildman–Crippen LogP) is 3.21. The molecule has 136 valence electrons. The van der Waals surface area contributed by atoms with Crippen LogP contribution in [0.5, 0.6) is 5.75 Å². The van der Waals surface area contributed by atoms with E-state index in [9.17, 15) is 4.79 Å². The van der Waals surface area contributed by atoms with Crippen LogP contribution in [0.4, 0.5) is 11.6 Å². The van der Waals surface area contributed by atoms with Gasteiger partial charge in [-0.15, -0.1) is 0 Å². The summed E-state index contributed by atoms with van der Waals surface area (Å²) in [4.78, 5) is 17.4. The van der Waals surface area contributed by atoms with Crippen LogP contribution in [0.3, 0.4) is 0 Å². The maximum atomic E-state index is 13.1. The number of carbonyl (C=O) groups is 1. The number of methoxy groups -OCH3 is 1. The van der Waals surface area contributed by atoms with E-state index in [-0.39, 0.29) is 5.91 Å². The van der Waals surface area contributed by atoms with E-state index < -0.39 is 6.04 Å². The number of aromatic nitrogens is 3. The van der Waals surface area contributed by atoms with Crippen molar-refractivity contribution >= 4 is 17.5 Å². The fourth-order valence-corrected chi connectivity index (χ4v) is 3.22. The molecule has 0 saturated heterocycles. The monoisotopic (exact) mass is 361 g/mol. The molecule has 7 nitrogen and oxygen atoms in total. The number of rotatable bonds is 4. The van der Waals surface area contributed by atoms with Gasteiger partial charge in [-0.25, -0.2) is 4.68 Å². The number of nitrogens with zero attached hydrogens (tertiary/aromatic N) is 3. The van der Waals surface area contributed by atoms with Crippen molar-refractivity contribution in [3.05, 3.63) is 77.8 Å². The molecule has 0 radical (unpaired) electrons. The molecule has 1 unspecified atom stereocenters. The minimum Gasteiger partial charge on any atom is -0.497 e. The van der Waals surface area contributed by atoms with Crippen LogP contribution in [0, 0.1) is 0 Å². The Bertz CT molecular complexity index is 1010. The summed E-state index contributed by atoms with van der Waals surface area (Å²) < 4.78 is 7.07. The molecule has 1 aliphatic heterocycles. The molecule has 7 heteroatoms. The van der Waals surface area contributed by atoms with Gasteiger partial charge in [0, 0.05) is 11.4 Å². The lowest BCUT2D eigenvalue weighted by Crippen LogP contribution is -2.31. The van der Waals surface area contributed by atoms with Gasteiger partial charge in [0.05, 0.1) is 12.7 Å². The number of hydrogen-bond acceptors (Lipinski definition) is 5. The number of carbonyl (C=O) groups excluding carboxylic acids is 1. The molecule has 1 aliphatic rings. The number of amides is 1. The fraction of sp³-hybridized carbons (Fsp3) is 0.150. The molecule has 1 atom stereocenters. The molecule has 3 aromatic rings. The Morgan fingerprint density at radius 1 is 1.19 bits per heavy atom. The highest BCUT2D eigenvalue weighted by molar-refractivity contribution is 6.06. The average molecular weight is 361 g/mol. The third-order valence-corrected chi connectivity index (χ3v) is 4.48. The average Bonchev–Trinajstić information content (AvgIpc) is 3.15. The molecule has 1 aromatic heterocycles. The zero-order chi connectivity index (χ0) is 18.8. The summed E-state index contributed by atoms with van der Waals surface area (Å²) in [5.41, 5.74) is 2.93. The molecular formula is C20H19N5O2. The minimum absolute atomic E-state index is 0.194. The minimum atomic E-state index is -0.414. The molecule has 2 heterocycles. The van der Waals surface area contributed by atoms with Gasteiger partial charge in [0.1, 0.15) is 18.1 Å². The largest absolute Gasteiger partial charge is 0.497 e. The lowest BCUT2D eigenvalue weighted by Gasteiger charge is -2.29. The number of benzene rings is 2. The standard InChI is InChI=1S/C20H19N5O2/c1-13-17(19(26)24-15-8-4-3-5-9-15)18(25-20(23-13)21-12-22-25)14-7-6-10-16(11-14)27-2/h3-12,18H,1-2H3,(H,24,26)(H,21,22,23). The molecule has 0 fully saturated rings. The van der Waals surface area contributed by atoms with E-state index >= 15 is 0 Å². The fourth-order valence-electron chi connectivity index (χ4n) is 3.22. The Hall–Kier alpha value is -3.61. The van der Waals surface area contributed by atoms with E-state index in [2.05, 4.69) is 20.7 Å². The summed E-state index contributed by atoms with van der Waals surface area (Å²) in [6, 6.07) is 16.6. The quantitative estimate of drug-likeness (QED) is 0.746. The Balaban J connectivity index is 1.78. The lowest BCUT2D eigenvalue weighted by atomic mass is 9.95.